The summed E-state index contributed by atoms with van der Waals surface area (Å²) in [6.45, 7) is 0.494. The van der Waals surface area contributed by atoms with Crippen LogP contribution in [-0.4, -0.2) is 47.3 Å². The molecular weight excluding hydrogens is 432 g/mol. The van der Waals surface area contributed by atoms with Crippen molar-refractivity contribution in [2.24, 2.45) is 0 Å². The molecule has 0 bridgehead atoms. The fourth-order valence-electron chi connectivity index (χ4n) is 3.15. The zero-order chi connectivity index (χ0) is 23.1. The molecule has 0 aliphatic heterocycles. The first-order valence-corrected chi connectivity index (χ1v) is 10.8. The fraction of sp³-hybridized carbons (Fsp3) is 0.217. The predicted octanol–water partition coefficient (Wildman–Crippen LogP) is 2.85. The second-order valence-corrected chi connectivity index (χ2v) is 7.93. The number of carboxylic acids is 1. The lowest BCUT2D eigenvalue weighted by Crippen LogP contribution is -2.27. The third-order valence-corrected chi connectivity index (χ3v) is 5.76. The highest BCUT2D eigenvalue weighted by molar-refractivity contribution is 8.00. The highest BCUT2D eigenvalue weighted by Crippen LogP contribution is 2.23. The normalized spacial score (nSPS) is 10.7. The van der Waals surface area contributed by atoms with Gasteiger partial charge in [-0.1, -0.05) is 42.1 Å². The Morgan fingerprint density at radius 2 is 1.88 bits per heavy atom. The van der Waals surface area contributed by atoms with Crippen LogP contribution in [0, 0.1) is 0 Å². The van der Waals surface area contributed by atoms with E-state index < -0.39 is 17.4 Å². The number of rotatable bonds is 9. The van der Waals surface area contributed by atoms with E-state index in [1.807, 2.05) is 30.3 Å². The van der Waals surface area contributed by atoms with Gasteiger partial charge in [0.1, 0.15) is 5.56 Å². The number of methoxy groups -OCH3 is 1. The molecule has 0 saturated heterocycles. The smallest absolute Gasteiger partial charge is 0.344 e. The monoisotopic (exact) mass is 454 g/mol. The number of amides is 1. The minimum Gasteiger partial charge on any atom is -0.478 e. The van der Waals surface area contributed by atoms with Gasteiger partial charge in [-0.15, -0.1) is 0 Å². The summed E-state index contributed by atoms with van der Waals surface area (Å²) in [4.78, 5) is 51.5. The molecule has 2 aromatic carbocycles. The molecule has 3 N–H and O–H groups in total. The number of thioether (sulfide) groups is 1. The van der Waals surface area contributed by atoms with Gasteiger partial charge < -0.3 is 20.1 Å². The number of carbonyl (C=O) groups excluding carboxylic acids is 2. The Morgan fingerprint density at radius 3 is 2.56 bits per heavy atom. The highest BCUT2D eigenvalue weighted by atomic mass is 32.2. The number of nitrogens with one attached hydrogen (secondary N) is 2. The number of hydrogen-bond donors (Lipinski definition) is 3. The van der Waals surface area contributed by atoms with Crippen LogP contribution in [0.2, 0.25) is 0 Å². The van der Waals surface area contributed by atoms with E-state index in [4.69, 9.17) is 4.74 Å². The van der Waals surface area contributed by atoms with Crippen LogP contribution in [0.3, 0.4) is 0 Å². The maximum absolute atomic E-state index is 12.8. The van der Waals surface area contributed by atoms with E-state index in [-0.39, 0.29) is 38.7 Å². The van der Waals surface area contributed by atoms with Gasteiger partial charge in [-0.3, -0.25) is 9.59 Å². The molecule has 0 aliphatic rings. The molecule has 8 nitrogen and oxygen atoms in total. The molecule has 0 atom stereocenters. The molecule has 1 heterocycles. The standard InChI is InChI=1S/C23H22N2O6S/c1-31-23(30)19-20(27)16-10-9-15(22(28)29)12-17(16)25-21(19)32-13-18(26)24-11-5-8-14-6-3-2-4-7-14/h2-4,6-7,9-10,12H,5,8,11,13H2,1H3,(H,24,26)(H,25,27)(H,28,29). The van der Waals surface area contributed by atoms with Gasteiger partial charge in [-0.05, 0) is 36.6 Å². The van der Waals surface area contributed by atoms with Gasteiger partial charge >= 0.3 is 11.9 Å². The number of esters is 1. The summed E-state index contributed by atoms with van der Waals surface area (Å²) >= 11 is 0.981. The maximum Gasteiger partial charge on any atom is 0.344 e. The van der Waals surface area contributed by atoms with Crippen molar-refractivity contribution in [3.63, 3.8) is 0 Å². The summed E-state index contributed by atoms with van der Waals surface area (Å²) in [5.41, 5.74) is 0.631. The third-order valence-electron chi connectivity index (χ3n) is 4.76. The van der Waals surface area contributed by atoms with Gasteiger partial charge in [0.2, 0.25) is 11.3 Å². The van der Waals surface area contributed by atoms with Crippen LogP contribution < -0.4 is 10.7 Å². The topological polar surface area (TPSA) is 126 Å². The van der Waals surface area contributed by atoms with Crippen molar-refractivity contribution in [2.45, 2.75) is 17.9 Å². The molecule has 0 fully saturated rings. The molecule has 1 amide bonds. The molecule has 3 rings (SSSR count). The Hall–Kier alpha value is -3.59. The molecule has 32 heavy (non-hydrogen) atoms. The summed E-state index contributed by atoms with van der Waals surface area (Å²) < 4.78 is 4.73. The van der Waals surface area contributed by atoms with E-state index in [1.54, 1.807) is 0 Å². The lowest BCUT2D eigenvalue weighted by molar-refractivity contribution is -0.118. The van der Waals surface area contributed by atoms with Crippen molar-refractivity contribution in [1.82, 2.24) is 10.3 Å². The number of aromatic carboxylic acids is 1. The summed E-state index contributed by atoms with van der Waals surface area (Å²) in [6, 6.07) is 13.9. The molecule has 166 valence electrons. The number of fused-ring (bicyclic) bond motifs is 1. The fourth-order valence-corrected chi connectivity index (χ4v) is 4.03. The summed E-state index contributed by atoms with van der Waals surface area (Å²) in [6.07, 6.45) is 1.61. The van der Waals surface area contributed by atoms with Crippen molar-refractivity contribution < 1.29 is 24.2 Å². The van der Waals surface area contributed by atoms with E-state index in [1.165, 1.54) is 23.8 Å². The van der Waals surface area contributed by atoms with Crippen LogP contribution in [0.15, 0.2) is 58.4 Å². The van der Waals surface area contributed by atoms with Crippen molar-refractivity contribution in [1.29, 1.82) is 0 Å². The van der Waals surface area contributed by atoms with Crippen molar-refractivity contribution in [2.75, 3.05) is 19.4 Å². The molecule has 0 saturated carbocycles. The zero-order valence-corrected chi connectivity index (χ0v) is 18.2. The van der Waals surface area contributed by atoms with Gasteiger partial charge in [0, 0.05) is 11.9 Å². The number of aromatic amines is 1. The van der Waals surface area contributed by atoms with Gasteiger partial charge in [0.15, 0.2) is 0 Å². The SMILES string of the molecule is COC(=O)c1c(SCC(=O)NCCCc2ccccc2)[nH]c2cc(C(=O)O)ccc2c1=O. The molecule has 0 radical (unpaired) electrons. The maximum atomic E-state index is 12.8. The first-order valence-electron chi connectivity index (χ1n) is 9.85. The third kappa shape index (κ3) is 5.55. The predicted molar refractivity (Wildman–Crippen MR) is 121 cm³/mol. The minimum absolute atomic E-state index is 0.00826. The number of ether oxygens (including phenoxy) is 1. The number of benzene rings is 2. The first-order chi connectivity index (χ1) is 15.4. The molecular formula is C23H22N2O6S. The van der Waals surface area contributed by atoms with Gasteiger partial charge in [-0.25, -0.2) is 9.59 Å². The molecule has 3 aromatic rings. The number of carboxylic acid groups (broad SMARTS) is 1. The van der Waals surface area contributed by atoms with Gasteiger partial charge in [-0.2, -0.15) is 0 Å². The van der Waals surface area contributed by atoms with Crippen molar-refractivity contribution in [3.8, 4) is 0 Å². The lowest BCUT2D eigenvalue weighted by atomic mass is 10.1. The number of aromatic nitrogens is 1. The van der Waals surface area contributed by atoms with Gasteiger partial charge in [0.25, 0.3) is 0 Å². The van der Waals surface area contributed by atoms with E-state index in [0.29, 0.717) is 6.54 Å². The molecule has 0 unspecified atom stereocenters. The quantitative estimate of drug-likeness (QED) is 0.258. The highest BCUT2D eigenvalue weighted by Gasteiger charge is 2.21. The molecule has 0 aliphatic carbocycles. The van der Waals surface area contributed by atoms with E-state index in [0.717, 1.165) is 31.7 Å². The van der Waals surface area contributed by atoms with Crippen LogP contribution >= 0.6 is 11.8 Å². The molecule has 9 heteroatoms. The Labute approximate surface area is 188 Å². The first kappa shape index (κ1) is 23.1. The van der Waals surface area contributed by atoms with Crippen molar-refractivity contribution >= 4 is 40.5 Å². The summed E-state index contributed by atoms with van der Waals surface area (Å²) in [5, 5.41) is 12.3. The van der Waals surface area contributed by atoms with Crippen LogP contribution in [0.25, 0.3) is 10.9 Å². The largest absolute Gasteiger partial charge is 0.478 e. The average Bonchev–Trinajstić information content (AvgIpc) is 2.80. The number of aryl methyl sites for hydroxylation is 1. The molecule has 1 aromatic heterocycles. The summed E-state index contributed by atoms with van der Waals surface area (Å²) in [5.74, 6) is -2.26. The van der Waals surface area contributed by atoms with E-state index >= 15 is 0 Å². The number of pyridine rings is 1. The lowest BCUT2D eigenvalue weighted by Gasteiger charge is -2.10. The van der Waals surface area contributed by atoms with E-state index in [2.05, 4.69) is 10.3 Å². The van der Waals surface area contributed by atoms with Crippen LogP contribution in [0.1, 0.15) is 32.7 Å². The minimum atomic E-state index is -1.14. The van der Waals surface area contributed by atoms with Crippen LogP contribution in [0.5, 0.6) is 0 Å². The summed E-state index contributed by atoms with van der Waals surface area (Å²) in [7, 11) is 1.16. The Bertz CT molecular complexity index is 1210. The van der Waals surface area contributed by atoms with Crippen LogP contribution in [0.4, 0.5) is 0 Å². The molecule has 0 spiro atoms. The Balaban J connectivity index is 1.71. The van der Waals surface area contributed by atoms with Crippen molar-refractivity contribution in [3.05, 3.63) is 75.4 Å². The Kier molecular flexibility index (Phi) is 7.67. The van der Waals surface area contributed by atoms with Gasteiger partial charge in [0.05, 0.1) is 29.0 Å². The Morgan fingerprint density at radius 1 is 1.12 bits per heavy atom. The number of H-pyrrole nitrogens is 1. The van der Waals surface area contributed by atoms with Crippen LogP contribution in [-0.2, 0) is 16.0 Å². The second kappa shape index (κ2) is 10.6. The number of hydrogen-bond acceptors (Lipinski definition) is 6. The van der Waals surface area contributed by atoms with E-state index in [9.17, 15) is 24.3 Å². The zero-order valence-electron chi connectivity index (χ0n) is 17.3. The average molecular weight is 455 g/mol. The second-order valence-electron chi connectivity index (χ2n) is 6.94. The number of carbonyl (C=O) groups is 3.